The van der Waals surface area contributed by atoms with Gasteiger partial charge in [-0.15, -0.1) is 0 Å². The van der Waals surface area contributed by atoms with Gasteiger partial charge < -0.3 is 10.1 Å². The predicted octanol–water partition coefficient (Wildman–Crippen LogP) is 2.70. The number of nitrogens with zero attached hydrogens (tertiary/aromatic N) is 3. The quantitative estimate of drug-likeness (QED) is 0.781. The zero-order chi connectivity index (χ0) is 14.7. The lowest BCUT2D eigenvalue weighted by molar-refractivity contribution is 0.410. The van der Waals surface area contributed by atoms with E-state index in [1.807, 2.05) is 28.8 Å². The first-order valence-electron chi connectivity index (χ1n) is 6.94. The Kier molecular flexibility index (Phi) is 3.73. The molecule has 21 heavy (non-hydrogen) atoms. The number of nitrogens with one attached hydrogen (secondary N) is 1. The third-order valence-electron chi connectivity index (χ3n) is 3.42. The summed E-state index contributed by atoms with van der Waals surface area (Å²) in [5, 5.41) is 7.66. The number of pyridine rings is 1. The molecule has 0 aliphatic rings. The lowest BCUT2D eigenvalue weighted by atomic mass is 10.1. The molecular weight excluding hydrogens is 264 g/mol. The van der Waals surface area contributed by atoms with E-state index in [2.05, 4.69) is 34.5 Å². The molecule has 0 saturated heterocycles. The summed E-state index contributed by atoms with van der Waals surface area (Å²) in [6, 6.07) is 12.2. The second kappa shape index (κ2) is 5.83. The molecule has 0 fully saturated rings. The highest BCUT2D eigenvalue weighted by Crippen LogP contribution is 2.18. The second-order valence-corrected chi connectivity index (χ2v) is 4.94. The summed E-state index contributed by atoms with van der Waals surface area (Å²) >= 11 is 0. The Bertz CT molecular complexity index is 751. The molecule has 5 nitrogen and oxygen atoms in total. The molecule has 0 aliphatic carbocycles. The van der Waals surface area contributed by atoms with Crippen LogP contribution in [0.1, 0.15) is 11.1 Å². The van der Waals surface area contributed by atoms with Crippen molar-refractivity contribution >= 4 is 11.5 Å². The van der Waals surface area contributed by atoms with Crippen molar-refractivity contribution in [2.24, 2.45) is 0 Å². The van der Waals surface area contributed by atoms with Gasteiger partial charge >= 0.3 is 0 Å². The van der Waals surface area contributed by atoms with Gasteiger partial charge in [0.15, 0.2) is 5.65 Å². The van der Waals surface area contributed by atoms with Crippen LogP contribution in [-0.2, 0) is 6.42 Å². The van der Waals surface area contributed by atoms with Gasteiger partial charge in [0.2, 0.25) is 0 Å². The fourth-order valence-corrected chi connectivity index (χ4v) is 2.42. The predicted molar refractivity (Wildman–Crippen MR) is 82.9 cm³/mol. The molecule has 1 N–H and O–H groups in total. The van der Waals surface area contributed by atoms with E-state index in [1.165, 1.54) is 5.56 Å². The van der Waals surface area contributed by atoms with Crippen molar-refractivity contribution in [3.05, 3.63) is 53.9 Å². The number of anilines is 1. The Morgan fingerprint density at radius 3 is 2.95 bits per heavy atom. The fraction of sp³-hybridized carbons (Fsp3) is 0.250. The summed E-state index contributed by atoms with van der Waals surface area (Å²) in [6.07, 6.45) is 2.45. The Morgan fingerprint density at radius 2 is 2.10 bits per heavy atom. The van der Waals surface area contributed by atoms with E-state index in [0.717, 1.165) is 35.7 Å². The van der Waals surface area contributed by atoms with Crippen molar-refractivity contribution in [1.29, 1.82) is 0 Å². The standard InChI is InChI=1S/C16H18N4O/c1-12-9-15(20-16(10-12)18-11-19-20)17-8-7-13-5-3-4-6-14(13)21-2/h3-6,9-11,17H,7-8H2,1-2H3. The number of ether oxygens (including phenoxy) is 1. The van der Waals surface area contributed by atoms with Gasteiger partial charge in [0, 0.05) is 6.54 Å². The molecule has 108 valence electrons. The van der Waals surface area contributed by atoms with E-state index >= 15 is 0 Å². The van der Waals surface area contributed by atoms with Crippen LogP contribution < -0.4 is 10.1 Å². The number of hydrogen-bond donors (Lipinski definition) is 1. The van der Waals surface area contributed by atoms with Gasteiger partial charge in [-0.05, 0) is 42.7 Å². The fourth-order valence-electron chi connectivity index (χ4n) is 2.42. The zero-order valence-corrected chi connectivity index (χ0v) is 12.2. The smallest absolute Gasteiger partial charge is 0.157 e. The van der Waals surface area contributed by atoms with E-state index in [0.29, 0.717) is 0 Å². The molecular formula is C16H18N4O. The average Bonchev–Trinajstić information content (AvgIpc) is 2.96. The molecule has 5 heteroatoms. The molecule has 0 unspecified atom stereocenters. The van der Waals surface area contributed by atoms with Crippen LogP contribution in [0.5, 0.6) is 5.75 Å². The van der Waals surface area contributed by atoms with Gasteiger partial charge in [0.1, 0.15) is 17.9 Å². The van der Waals surface area contributed by atoms with Crippen molar-refractivity contribution in [3.63, 3.8) is 0 Å². The average molecular weight is 282 g/mol. The van der Waals surface area contributed by atoms with Gasteiger partial charge in [0.05, 0.1) is 7.11 Å². The Morgan fingerprint density at radius 1 is 1.24 bits per heavy atom. The summed E-state index contributed by atoms with van der Waals surface area (Å²) in [4.78, 5) is 4.23. The van der Waals surface area contributed by atoms with Crippen molar-refractivity contribution in [2.45, 2.75) is 13.3 Å². The van der Waals surface area contributed by atoms with Gasteiger partial charge in [-0.25, -0.2) is 4.98 Å². The van der Waals surface area contributed by atoms with Crippen molar-refractivity contribution in [1.82, 2.24) is 14.6 Å². The molecule has 3 rings (SSSR count). The third-order valence-corrected chi connectivity index (χ3v) is 3.42. The number of aryl methyl sites for hydroxylation is 1. The highest BCUT2D eigenvalue weighted by molar-refractivity contribution is 5.51. The minimum absolute atomic E-state index is 0.804. The second-order valence-electron chi connectivity index (χ2n) is 4.94. The van der Waals surface area contributed by atoms with Crippen LogP contribution in [0.15, 0.2) is 42.7 Å². The first kappa shape index (κ1) is 13.4. The highest BCUT2D eigenvalue weighted by atomic mass is 16.5. The first-order valence-corrected chi connectivity index (χ1v) is 6.94. The molecule has 3 aromatic rings. The molecule has 0 aliphatic heterocycles. The summed E-state index contributed by atoms with van der Waals surface area (Å²) in [5.74, 6) is 1.88. The van der Waals surface area contributed by atoms with E-state index in [1.54, 1.807) is 13.4 Å². The van der Waals surface area contributed by atoms with E-state index in [4.69, 9.17) is 4.74 Å². The van der Waals surface area contributed by atoms with Gasteiger partial charge in [-0.1, -0.05) is 18.2 Å². The number of para-hydroxylation sites is 1. The van der Waals surface area contributed by atoms with E-state index in [-0.39, 0.29) is 0 Å². The monoisotopic (exact) mass is 282 g/mol. The largest absolute Gasteiger partial charge is 0.496 e. The van der Waals surface area contributed by atoms with Crippen LogP contribution in [0.25, 0.3) is 5.65 Å². The lowest BCUT2D eigenvalue weighted by Gasteiger charge is -2.11. The minimum atomic E-state index is 0.804. The maximum absolute atomic E-state index is 5.37. The van der Waals surface area contributed by atoms with Gasteiger partial charge in [0.25, 0.3) is 0 Å². The maximum atomic E-state index is 5.37. The van der Waals surface area contributed by atoms with Crippen LogP contribution >= 0.6 is 0 Å². The molecule has 0 radical (unpaired) electrons. The Labute approximate surface area is 123 Å². The number of methoxy groups -OCH3 is 1. The number of benzene rings is 1. The topological polar surface area (TPSA) is 51.5 Å². The number of aromatic nitrogens is 3. The Balaban J connectivity index is 1.73. The SMILES string of the molecule is COc1ccccc1CCNc1cc(C)cc2ncnn12. The van der Waals surface area contributed by atoms with Crippen LogP contribution in [0.3, 0.4) is 0 Å². The molecule has 2 aromatic heterocycles. The van der Waals surface area contributed by atoms with Crippen LogP contribution in [0, 0.1) is 6.92 Å². The third kappa shape index (κ3) is 2.81. The number of rotatable bonds is 5. The van der Waals surface area contributed by atoms with Crippen molar-refractivity contribution in [3.8, 4) is 5.75 Å². The summed E-state index contributed by atoms with van der Waals surface area (Å²) in [5.41, 5.74) is 3.21. The van der Waals surface area contributed by atoms with Gasteiger partial charge in [-0.2, -0.15) is 9.61 Å². The number of fused-ring (bicyclic) bond motifs is 1. The molecule has 0 amide bonds. The molecule has 0 bridgehead atoms. The Hall–Kier alpha value is -2.56. The number of hydrogen-bond acceptors (Lipinski definition) is 4. The van der Waals surface area contributed by atoms with Gasteiger partial charge in [-0.3, -0.25) is 0 Å². The zero-order valence-electron chi connectivity index (χ0n) is 12.2. The molecule has 2 heterocycles. The molecule has 0 spiro atoms. The van der Waals surface area contributed by atoms with Crippen LogP contribution in [0.4, 0.5) is 5.82 Å². The molecule has 0 atom stereocenters. The first-order chi connectivity index (χ1) is 10.3. The summed E-state index contributed by atoms with van der Waals surface area (Å²) in [6.45, 7) is 2.86. The highest BCUT2D eigenvalue weighted by Gasteiger charge is 2.05. The van der Waals surface area contributed by atoms with Crippen molar-refractivity contribution in [2.75, 3.05) is 19.0 Å². The van der Waals surface area contributed by atoms with Crippen LogP contribution in [0.2, 0.25) is 0 Å². The van der Waals surface area contributed by atoms with E-state index in [9.17, 15) is 0 Å². The van der Waals surface area contributed by atoms with Crippen LogP contribution in [-0.4, -0.2) is 28.3 Å². The minimum Gasteiger partial charge on any atom is -0.496 e. The molecule has 1 aromatic carbocycles. The van der Waals surface area contributed by atoms with Crippen molar-refractivity contribution < 1.29 is 4.74 Å². The lowest BCUT2D eigenvalue weighted by Crippen LogP contribution is -2.09. The molecule has 0 saturated carbocycles. The summed E-state index contributed by atoms with van der Waals surface area (Å²) in [7, 11) is 1.70. The van der Waals surface area contributed by atoms with E-state index < -0.39 is 0 Å². The summed E-state index contributed by atoms with van der Waals surface area (Å²) < 4.78 is 7.18. The normalized spacial score (nSPS) is 10.8. The maximum Gasteiger partial charge on any atom is 0.157 e.